The maximum atomic E-state index is 2.28. The van der Waals surface area contributed by atoms with Gasteiger partial charge in [-0.15, -0.1) is 69.1 Å². The topological polar surface area (TPSA) is 0 Å². The van der Waals surface area contributed by atoms with Crippen LogP contribution in [-0.2, 0) is 25.8 Å². The first kappa shape index (κ1) is 27.1. The fourth-order valence-corrected chi connectivity index (χ4v) is 6.16. The van der Waals surface area contributed by atoms with Crippen LogP contribution < -0.4 is 0 Å². The largest absolute Gasteiger partial charge is 0.165 e. The van der Waals surface area contributed by atoms with Gasteiger partial charge in [0.1, 0.15) is 0 Å². The first-order chi connectivity index (χ1) is 19.7. The molecule has 0 atom stereocenters. The molecule has 0 N–H and O–H groups in total. The van der Waals surface area contributed by atoms with Crippen molar-refractivity contribution < 1.29 is 25.8 Å². The van der Waals surface area contributed by atoms with E-state index in [1.165, 1.54) is 76.5 Å². The summed E-state index contributed by atoms with van der Waals surface area (Å²) in [5.41, 5.74) is 7.94. The summed E-state index contributed by atoms with van der Waals surface area (Å²) in [6, 6.07) is 52.5. The predicted molar refractivity (Wildman–Crippen MR) is 174 cm³/mol. The maximum Gasteiger partial charge on any atom is 0 e. The molecule has 0 heterocycles. The molecule has 8 aromatic rings. The Morgan fingerprint density at radius 3 is 1.15 bits per heavy atom. The minimum absolute atomic E-state index is 0. The molecule has 0 radical (unpaired) electrons. The van der Waals surface area contributed by atoms with Crippen LogP contribution in [-0.4, -0.2) is 0 Å². The van der Waals surface area contributed by atoms with E-state index in [0.29, 0.717) is 0 Å². The van der Waals surface area contributed by atoms with Crippen LogP contribution in [0.4, 0.5) is 0 Å². The van der Waals surface area contributed by atoms with Crippen molar-refractivity contribution in [3.8, 4) is 22.3 Å². The molecule has 0 nitrogen and oxygen atoms in total. The average molecular weight is 689 g/mol. The van der Waals surface area contributed by atoms with Gasteiger partial charge in [0.15, 0.2) is 0 Å². The van der Waals surface area contributed by atoms with Crippen molar-refractivity contribution in [2.75, 3.05) is 0 Å². The summed E-state index contributed by atoms with van der Waals surface area (Å²) >= 11 is 0. The number of hydrogen-bond acceptors (Lipinski definition) is 0. The molecule has 8 rings (SSSR count). The molecule has 0 aliphatic carbocycles. The van der Waals surface area contributed by atoms with E-state index in [1.807, 2.05) is 0 Å². The molecule has 0 unspecified atom stereocenters. The summed E-state index contributed by atoms with van der Waals surface area (Å²) < 4.78 is 0. The first-order valence-corrected chi connectivity index (χ1v) is 13.9. The Morgan fingerprint density at radius 2 is 0.707 bits per heavy atom. The summed E-state index contributed by atoms with van der Waals surface area (Å²) in [6.45, 7) is 4.32. The van der Waals surface area contributed by atoms with Crippen LogP contribution in [0.15, 0.2) is 146 Å². The normalized spacial score (nSPS) is 11.0. The molecule has 0 fully saturated rings. The molecule has 0 spiro atoms. The Hall–Kier alpha value is -4.07. The van der Waals surface area contributed by atoms with Crippen LogP contribution in [0.25, 0.3) is 65.3 Å². The van der Waals surface area contributed by atoms with Gasteiger partial charge in [-0.1, -0.05) is 122 Å². The van der Waals surface area contributed by atoms with Gasteiger partial charge in [-0.25, -0.2) is 0 Å². The summed E-state index contributed by atoms with van der Waals surface area (Å²) in [7, 11) is 0. The van der Waals surface area contributed by atoms with Gasteiger partial charge in [0.25, 0.3) is 0 Å². The van der Waals surface area contributed by atoms with Crippen LogP contribution in [0.3, 0.4) is 0 Å². The molecule has 0 aliphatic heterocycles. The summed E-state index contributed by atoms with van der Waals surface area (Å²) in [5.74, 6) is 0. The summed E-state index contributed by atoms with van der Waals surface area (Å²) in [5, 5.41) is 10.6. The zero-order valence-corrected chi connectivity index (χ0v) is 26.9. The van der Waals surface area contributed by atoms with Crippen molar-refractivity contribution in [3.05, 3.63) is 157 Å². The molecule has 0 saturated heterocycles. The van der Waals surface area contributed by atoms with E-state index in [4.69, 9.17) is 0 Å². The van der Waals surface area contributed by atoms with Gasteiger partial charge in [-0.05, 0) is 32.7 Å². The SMILES string of the molecule is Cc1cc2c(-c3cccc4ccccc34)cccc2[cH-]1.Cc1cc2c(-c3cccc4ccccc34)cccc2[cH-]1.[Hf]. The Kier molecular flexibility index (Phi) is 7.56. The number of benzene rings is 6. The first-order valence-electron chi connectivity index (χ1n) is 13.9. The smallest absolute Gasteiger partial charge is 0 e. The van der Waals surface area contributed by atoms with Crippen molar-refractivity contribution >= 4 is 43.1 Å². The Morgan fingerprint density at radius 1 is 0.366 bits per heavy atom. The number of hydrogen-bond donors (Lipinski definition) is 0. The Balaban J connectivity index is 0.000000144. The fraction of sp³-hybridized carbons (Fsp3) is 0.0500. The third kappa shape index (κ3) is 5.11. The number of rotatable bonds is 2. The van der Waals surface area contributed by atoms with Crippen molar-refractivity contribution in [2.24, 2.45) is 0 Å². The van der Waals surface area contributed by atoms with E-state index < -0.39 is 0 Å². The second-order valence-electron chi connectivity index (χ2n) is 10.7. The van der Waals surface area contributed by atoms with E-state index in [1.54, 1.807) is 0 Å². The molecule has 196 valence electrons. The molecule has 0 bridgehead atoms. The molecular formula is C40H30Hf-2. The monoisotopic (exact) mass is 690 g/mol. The van der Waals surface area contributed by atoms with Gasteiger partial charge in [-0.2, -0.15) is 12.1 Å². The van der Waals surface area contributed by atoms with Crippen molar-refractivity contribution in [1.82, 2.24) is 0 Å². The molecular weight excluding hydrogens is 659 g/mol. The third-order valence-corrected chi connectivity index (χ3v) is 7.95. The van der Waals surface area contributed by atoms with Crippen molar-refractivity contribution in [3.63, 3.8) is 0 Å². The van der Waals surface area contributed by atoms with E-state index in [2.05, 4.69) is 159 Å². The zero-order chi connectivity index (χ0) is 27.1. The van der Waals surface area contributed by atoms with Gasteiger partial charge in [-0.3, -0.25) is 0 Å². The summed E-state index contributed by atoms with van der Waals surface area (Å²) in [4.78, 5) is 0. The van der Waals surface area contributed by atoms with Crippen molar-refractivity contribution in [2.45, 2.75) is 13.8 Å². The Labute approximate surface area is 260 Å². The fourth-order valence-electron chi connectivity index (χ4n) is 6.16. The average Bonchev–Trinajstić information content (AvgIpc) is 3.57. The molecule has 41 heavy (non-hydrogen) atoms. The van der Waals surface area contributed by atoms with Crippen LogP contribution in [0.2, 0.25) is 0 Å². The maximum absolute atomic E-state index is 2.28. The van der Waals surface area contributed by atoms with Crippen molar-refractivity contribution in [1.29, 1.82) is 0 Å². The predicted octanol–water partition coefficient (Wildman–Crippen LogP) is 11.4. The molecule has 0 aromatic heterocycles. The minimum atomic E-state index is 0. The van der Waals surface area contributed by atoms with Crippen LogP contribution in [0, 0.1) is 13.8 Å². The molecule has 0 aliphatic rings. The van der Waals surface area contributed by atoms with Crippen LogP contribution in [0.1, 0.15) is 11.1 Å². The minimum Gasteiger partial charge on any atom is -0.165 e. The van der Waals surface area contributed by atoms with Gasteiger partial charge in [0.2, 0.25) is 0 Å². The molecule has 1 heteroatoms. The van der Waals surface area contributed by atoms with Crippen LogP contribution in [0.5, 0.6) is 0 Å². The number of aryl methyl sites for hydroxylation is 2. The second-order valence-corrected chi connectivity index (χ2v) is 10.7. The van der Waals surface area contributed by atoms with E-state index in [9.17, 15) is 0 Å². The zero-order valence-electron chi connectivity index (χ0n) is 23.4. The molecule has 0 amide bonds. The van der Waals surface area contributed by atoms with Gasteiger partial charge < -0.3 is 0 Å². The van der Waals surface area contributed by atoms with Gasteiger partial charge in [0, 0.05) is 25.8 Å². The van der Waals surface area contributed by atoms with Gasteiger partial charge >= 0.3 is 0 Å². The van der Waals surface area contributed by atoms with E-state index in [-0.39, 0.29) is 25.8 Å². The van der Waals surface area contributed by atoms with E-state index >= 15 is 0 Å². The van der Waals surface area contributed by atoms with Gasteiger partial charge in [0.05, 0.1) is 0 Å². The standard InChI is InChI=1S/2C20H15.Hf/c2*1-14-12-16-8-5-11-19(20(16)13-14)18-10-4-7-15-6-2-3-9-17(15)18;/h2*2-13H,1H3;/q2*-1;. The molecule has 8 aromatic carbocycles. The Bertz CT molecular complexity index is 1970. The summed E-state index contributed by atoms with van der Waals surface area (Å²) in [6.07, 6.45) is 0. The molecule has 0 saturated carbocycles. The van der Waals surface area contributed by atoms with Crippen LogP contribution >= 0.6 is 0 Å². The second kappa shape index (κ2) is 11.4. The third-order valence-electron chi connectivity index (χ3n) is 7.95. The van der Waals surface area contributed by atoms with E-state index in [0.717, 1.165) is 0 Å². The quantitative estimate of drug-likeness (QED) is 0.125. The number of fused-ring (bicyclic) bond motifs is 4.